The molecule has 1 unspecified atom stereocenters. The Hall–Kier alpha value is -3.24. The Morgan fingerprint density at radius 1 is 0.576 bits per heavy atom. The van der Waals surface area contributed by atoms with Gasteiger partial charge in [-0.3, -0.25) is 14.4 Å². The number of hydrogen-bond donors (Lipinski definition) is 4. The summed E-state index contributed by atoms with van der Waals surface area (Å²) in [6.07, 6.45) is 22.5. The van der Waals surface area contributed by atoms with Gasteiger partial charge in [0.05, 0.1) is 6.61 Å². The maximum absolute atomic E-state index is 12.8. The monoisotopic (exact) mass is 837 g/mol. The Kier molecular flexibility index (Phi) is 22.0. The number of carbonyl (C=O) groups excluding carboxylic acids is 3. The van der Waals surface area contributed by atoms with Crippen LogP contribution in [0.25, 0.3) is 32.3 Å². The molecule has 0 fully saturated rings. The van der Waals surface area contributed by atoms with Gasteiger partial charge in [-0.05, 0) is 63.6 Å². The highest BCUT2D eigenvalue weighted by Gasteiger charge is 2.49. The molecular weight excluding hydrogens is 767 g/mol. The van der Waals surface area contributed by atoms with E-state index in [0.717, 1.165) is 64.2 Å². The number of benzene rings is 4. The van der Waals surface area contributed by atoms with Crippen LogP contribution in [0.1, 0.15) is 154 Å². The number of rotatable bonds is 33. The lowest BCUT2D eigenvalue weighted by molar-refractivity contribution is -0.164. The van der Waals surface area contributed by atoms with Crippen LogP contribution in [0.3, 0.4) is 0 Å². The minimum Gasteiger partial charge on any atom is -0.462 e. The molecule has 0 aliphatic heterocycles. The highest BCUT2D eigenvalue weighted by Crippen LogP contribution is 2.51. The largest absolute Gasteiger partial charge is 0.462 e. The van der Waals surface area contributed by atoms with Gasteiger partial charge >= 0.3 is 25.7 Å². The SMILES string of the molecule is CCCCCCCCCCCCCCCC(=O)OC[C@H](COC(C(=O)CO)[P+](O)(O)O)OC(=O)CCCCCCCCCc1ccc2ccc3cccc4ccc1c2c34. The fraction of sp³-hybridized carbons (Fsp3) is 0.604. The summed E-state index contributed by atoms with van der Waals surface area (Å²) in [5.41, 5.74) is 1.39. The van der Waals surface area contributed by atoms with Gasteiger partial charge in [0.25, 0.3) is 0 Å². The normalized spacial score (nSPS) is 13.0. The average molecular weight is 838 g/mol. The van der Waals surface area contributed by atoms with E-state index >= 15 is 0 Å². The van der Waals surface area contributed by atoms with E-state index in [1.807, 2.05) is 0 Å². The maximum atomic E-state index is 12.8. The number of aryl methyl sites for hydroxylation is 1. The van der Waals surface area contributed by atoms with Gasteiger partial charge in [0, 0.05) is 12.8 Å². The van der Waals surface area contributed by atoms with Crippen LogP contribution in [-0.4, -0.2) is 69.3 Å². The second kappa shape index (κ2) is 26.9. The van der Waals surface area contributed by atoms with E-state index in [1.54, 1.807) is 0 Å². The lowest BCUT2D eigenvalue weighted by Gasteiger charge is -2.21. The molecule has 0 aliphatic carbocycles. The number of ketones is 1. The Morgan fingerprint density at radius 2 is 1.07 bits per heavy atom. The summed E-state index contributed by atoms with van der Waals surface area (Å²) in [7, 11) is -4.82. The molecule has 0 bridgehead atoms. The summed E-state index contributed by atoms with van der Waals surface area (Å²) in [6, 6.07) is 19.9. The van der Waals surface area contributed by atoms with Crippen molar-refractivity contribution in [3.63, 3.8) is 0 Å². The zero-order valence-electron chi connectivity index (χ0n) is 35.4. The summed E-state index contributed by atoms with van der Waals surface area (Å²) in [5, 5.41) is 17.1. The molecular formula is C48H70O10P+. The van der Waals surface area contributed by atoms with Crippen LogP contribution in [0.5, 0.6) is 0 Å². The third-order valence-corrected chi connectivity index (χ3v) is 12.4. The van der Waals surface area contributed by atoms with Crippen molar-refractivity contribution in [3.05, 3.63) is 60.2 Å². The summed E-state index contributed by atoms with van der Waals surface area (Å²) in [6.45, 7) is 0.241. The first kappa shape index (κ1) is 48.4. The van der Waals surface area contributed by atoms with Crippen LogP contribution < -0.4 is 0 Å². The van der Waals surface area contributed by atoms with Crippen LogP contribution in [0.2, 0.25) is 0 Å². The predicted molar refractivity (Wildman–Crippen MR) is 237 cm³/mol. The van der Waals surface area contributed by atoms with Gasteiger partial charge < -0.3 is 19.3 Å². The summed E-state index contributed by atoms with van der Waals surface area (Å²) >= 11 is 0. The maximum Gasteiger partial charge on any atom is 0.443 e. The van der Waals surface area contributed by atoms with E-state index in [1.165, 1.54) is 95.7 Å². The van der Waals surface area contributed by atoms with E-state index < -0.39 is 50.8 Å². The Labute approximate surface area is 351 Å². The molecule has 4 aromatic rings. The molecule has 0 heterocycles. The molecule has 4 N–H and O–H groups in total. The van der Waals surface area contributed by atoms with Crippen LogP contribution in [0.4, 0.5) is 0 Å². The minimum absolute atomic E-state index is 0.133. The standard InChI is InChI=1S/C48H70O10P/c1-2-3-4-5-6-7-8-9-10-11-14-17-20-26-44(51)56-35-41(36-57-48(43(50)34-49)59(53,54)55)58-45(52)27-21-18-15-12-13-16-19-23-37-28-29-40-31-30-38-24-22-25-39-32-33-42(37)47(40)46(38)39/h22,24-25,28-33,41,48-49,53-55H,2-21,23,26-27,34-36H2,1H3/q+1/t41-,48?/m1/s1. The first-order valence-electron chi connectivity index (χ1n) is 22.4. The number of carbonyl (C=O) groups is 3. The molecule has 4 aromatic carbocycles. The molecule has 4 rings (SSSR count). The van der Waals surface area contributed by atoms with Crippen LogP contribution in [0, 0.1) is 0 Å². The zero-order valence-corrected chi connectivity index (χ0v) is 36.3. The summed E-state index contributed by atoms with van der Waals surface area (Å²) < 4.78 is 16.1. The van der Waals surface area contributed by atoms with Gasteiger partial charge in [0.1, 0.15) is 13.2 Å². The minimum atomic E-state index is -4.82. The Balaban J connectivity index is 1.10. The van der Waals surface area contributed by atoms with Gasteiger partial charge in [-0.15, -0.1) is 0 Å². The number of ether oxygens (including phenoxy) is 3. The van der Waals surface area contributed by atoms with Crippen molar-refractivity contribution in [2.75, 3.05) is 19.8 Å². The molecule has 10 nitrogen and oxygen atoms in total. The molecule has 11 heteroatoms. The highest BCUT2D eigenvalue weighted by atomic mass is 31.2. The molecule has 0 amide bonds. The molecule has 0 aromatic heterocycles. The Bertz CT molecular complexity index is 1800. The summed E-state index contributed by atoms with van der Waals surface area (Å²) in [4.78, 5) is 66.4. The van der Waals surface area contributed by atoms with Gasteiger partial charge in [0.2, 0.25) is 5.78 Å². The van der Waals surface area contributed by atoms with Crippen molar-refractivity contribution in [3.8, 4) is 0 Å². The van der Waals surface area contributed by atoms with Gasteiger partial charge in [-0.1, -0.05) is 171 Å². The fourth-order valence-electron chi connectivity index (χ4n) is 8.05. The third kappa shape index (κ3) is 17.0. The van der Waals surface area contributed by atoms with E-state index in [2.05, 4.69) is 61.5 Å². The van der Waals surface area contributed by atoms with E-state index in [-0.39, 0.29) is 19.4 Å². The molecule has 2 atom stereocenters. The number of unbranched alkanes of at least 4 members (excludes halogenated alkanes) is 18. The van der Waals surface area contributed by atoms with Crippen molar-refractivity contribution < 1.29 is 48.4 Å². The lowest BCUT2D eigenvalue weighted by atomic mass is 9.90. The zero-order chi connectivity index (χ0) is 42.3. The van der Waals surface area contributed by atoms with Crippen molar-refractivity contribution >= 4 is 58.0 Å². The van der Waals surface area contributed by atoms with Crippen molar-refractivity contribution in [2.24, 2.45) is 0 Å². The number of aliphatic hydroxyl groups excluding tert-OH is 1. The van der Waals surface area contributed by atoms with Crippen molar-refractivity contribution in [2.45, 2.75) is 167 Å². The van der Waals surface area contributed by atoms with Gasteiger partial charge in [-0.2, -0.15) is 14.7 Å². The van der Waals surface area contributed by atoms with E-state index in [4.69, 9.17) is 14.2 Å². The number of esters is 2. The van der Waals surface area contributed by atoms with Gasteiger partial charge in [0.15, 0.2) is 6.10 Å². The topological polar surface area (TPSA) is 160 Å². The molecule has 0 radical (unpaired) electrons. The van der Waals surface area contributed by atoms with E-state index in [9.17, 15) is 34.2 Å². The quantitative estimate of drug-likeness (QED) is 0.0157. The smallest absolute Gasteiger partial charge is 0.443 e. The second-order valence-corrected chi connectivity index (χ2v) is 18.0. The average Bonchev–Trinajstić information content (AvgIpc) is 3.22. The molecule has 0 aliphatic rings. The molecule has 0 saturated heterocycles. The van der Waals surface area contributed by atoms with Gasteiger partial charge in [-0.25, -0.2) is 0 Å². The predicted octanol–water partition coefficient (Wildman–Crippen LogP) is 10.8. The van der Waals surface area contributed by atoms with Crippen molar-refractivity contribution in [1.29, 1.82) is 0 Å². The first-order valence-corrected chi connectivity index (χ1v) is 24.2. The van der Waals surface area contributed by atoms with Crippen molar-refractivity contribution in [1.82, 2.24) is 0 Å². The summed E-state index contributed by atoms with van der Waals surface area (Å²) in [5.74, 6) is -4.23. The van der Waals surface area contributed by atoms with Crippen LogP contribution >= 0.6 is 7.94 Å². The number of aliphatic hydroxyl groups is 1. The Morgan fingerprint density at radius 3 is 1.63 bits per heavy atom. The lowest BCUT2D eigenvalue weighted by Crippen LogP contribution is -2.36. The molecule has 0 spiro atoms. The van der Waals surface area contributed by atoms with Crippen LogP contribution in [-0.2, 0) is 35.0 Å². The number of hydrogen-bond acceptors (Lipinski definition) is 10. The van der Waals surface area contributed by atoms with Crippen LogP contribution in [0.15, 0.2) is 54.6 Å². The third-order valence-electron chi connectivity index (χ3n) is 11.3. The number of Topliss-reactive ketones (excluding diaryl/α,β-unsaturated/α-hetero) is 1. The highest BCUT2D eigenvalue weighted by molar-refractivity contribution is 7.60. The molecule has 0 saturated carbocycles. The second-order valence-electron chi connectivity index (χ2n) is 16.3. The molecule has 326 valence electrons. The fourth-order valence-corrected chi connectivity index (χ4v) is 8.81. The first-order chi connectivity index (χ1) is 28.6. The molecule has 59 heavy (non-hydrogen) atoms. The van der Waals surface area contributed by atoms with E-state index in [0.29, 0.717) is 12.8 Å².